The van der Waals surface area contributed by atoms with Gasteiger partial charge in [-0.05, 0) is 24.3 Å². The summed E-state index contributed by atoms with van der Waals surface area (Å²) in [6.45, 7) is 0.0636. The summed E-state index contributed by atoms with van der Waals surface area (Å²) in [6.07, 6.45) is 1.58. The summed E-state index contributed by atoms with van der Waals surface area (Å²) in [5.41, 5.74) is 0.0619. The molecule has 2 rings (SSSR count). The van der Waals surface area contributed by atoms with Crippen molar-refractivity contribution in [1.82, 2.24) is 4.98 Å². The molecule has 0 aliphatic rings. The van der Waals surface area contributed by atoms with Gasteiger partial charge in [-0.1, -0.05) is 6.07 Å². The Hall–Kier alpha value is -2.96. The Morgan fingerprint density at radius 2 is 2.15 bits per heavy atom. The Labute approximate surface area is 113 Å². The molecule has 7 heteroatoms. The Kier molecular flexibility index (Phi) is 3.90. The van der Waals surface area contributed by atoms with Gasteiger partial charge in [-0.3, -0.25) is 15.1 Å². The van der Waals surface area contributed by atoms with Crippen LogP contribution < -0.4 is 4.74 Å². The van der Waals surface area contributed by atoms with E-state index in [1.807, 2.05) is 0 Å². The van der Waals surface area contributed by atoms with Crippen molar-refractivity contribution in [2.45, 2.75) is 6.61 Å². The van der Waals surface area contributed by atoms with Gasteiger partial charge in [0, 0.05) is 12.3 Å². The number of benzene rings is 1. The van der Waals surface area contributed by atoms with E-state index in [0.29, 0.717) is 5.69 Å². The van der Waals surface area contributed by atoms with Crippen molar-refractivity contribution < 1.29 is 19.6 Å². The highest BCUT2D eigenvalue weighted by Gasteiger charge is 2.18. The van der Waals surface area contributed by atoms with E-state index in [2.05, 4.69) is 4.98 Å². The van der Waals surface area contributed by atoms with Crippen molar-refractivity contribution in [3.63, 3.8) is 0 Å². The minimum Gasteiger partial charge on any atom is -0.480 e. The van der Waals surface area contributed by atoms with Gasteiger partial charge in [0.25, 0.3) is 0 Å². The van der Waals surface area contributed by atoms with Crippen LogP contribution in [0.2, 0.25) is 0 Å². The number of carbonyl (C=O) groups is 1. The van der Waals surface area contributed by atoms with Crippen molar-refractivity contribution in [2.24, 2.45) is 0 Å². The number of nitrogens with zero attached hydrogens (tertiary/aromatic N) is 2. The maximum atomic E-state index is 10.9. The van der Waals surface area contributed by atoms with E-state index in [9.17, 15) is 14.9 Å². The normalized spacial score (nSPS) is 10.0. The first-order valence-corrected chi connectivity index (χ1v) is 5.62. The van der Waals surface area contributed by atoms with Crippen LogP contribution in [0.4, 0.5) is 5.69 Å². The summed E-state index contributed by atoms with van der Waals surface area (Å²) >= 11 is 0. The molecule has 0 aliphatic carbocycles. The largest absolute Gasteiger partial charge is 0.480 e. The summed E-state index contributed by atoms with van der Waals surface area (Å²) in [6, 6.07) is 8.72. The number of hydrogen-bond donors (Lipinski definition) is 1. The molecule has 20 heavy (non-hydrogen) atoms. The zero-order chi connectivity index (χ0) is 14.5. The highest BCUT2D eigenvalue weighted by atomic mass is 16.6. The first-order valence-electron chi connectivity index (χ1n) is 5.62. The van der Waals surface area contributed by atoms with Gasteiger partial charge in [0.05, 0.1) is 16.2 Å². The summed E-state index contributed by atoms with van der Waals surface area (Å²) < 4.78 is 5.32. The number of ether oxygens (including phenoxy) is 1. The molecule has 0 radical (unpaired) electrons. The maximum absolute atomic E-state index is 10.9. The van der Waals surface area contributed by atoms with Crippen molar-refractivity contribution in [1.29, 1.82) is 0 Å². The molecule has 1 aromatic carbocycles. The molecule has 7 nitrogen and oxygen atoms in total. The third-order valence-electron chi connectivity index (χ3n) is 2.50. The fourth-order valence-electron chi connectivity index (χ4n) is 1.55. The van der Waals surface area contributed by atoms with Gasteiger partial charge in [0.15, 0.2) is 5.75 Å². The second-order valence-electron chi connectivity index (χ2n) is 3.85. The van der Waals surface area contributed by atoms with Crippen LogP contribution in [0.5, 0.6) is 5.75 Å². The van der Waals surface area contributed by atoms with Gasteiger partial charge in [-0.2, -0.15) is 0 Å². The maximum Gasteiger partial charge on any atom is 0.335 e. The molecule has 1 heterocycles. The van der Waals surface area contributed by atoms with Crippen LogP contribution in [0.25, 0.3) is 0 Å². The van der Waals surface area contributed by atoms with E-state index in [0.717, 1.165) is 6.07 Å². The molecule has 0 atom stereocenters. The summed E-state index contributed by atoms with van der Waals surface area (Å²) in [7, 11) is 0. The smallest absolute Gasteiger partial charge is 0.335 e. The molecule has 0 bridgehead atoms. The molecule has 0 unspecified atom stereocenters. The van der Waals surface area contributed by atoms with Crippen LogP contribution in [-0.2, 0) is 6.61 Å². The van der Waals surface area contributed by atoms with Gasteiger partial charge in [0.1, 0.15) is 6.61 Å². The number of rotatable bonds is 5. The van der Waals surface area contributed by atoms with E-state index >= 15 is 0 Å². The Balaban J connectivity index is 2.23. The SMILES string of the molecule is O=C(O)c1ccc(OCc2ccccn2)c([N+](=O)[O-])c1. The van der Waals surface area contributed by atoms with E-state index in [1.165, 1.54) is 12.1 Å². The molecule has 2 aromatic rings. The minimum atomic E-state index is -1.23. The fourth-order valence-corrected chi connectivity index (χ4v) is 1.55. The van der Waals surface area contributed by atoms with Gasteiger partial charge >= 0.3 is 11.7 Å². The second kappa shape index (κ2) is 5.79. The predicted octanol–water partition coefficient (Wildman–Crippen LogP) is 2.27. The van der Waals surface area contributed by atoms with Crippen molar-refractivity contribution in [2.75, 3.05) is 0 Å². The fraction of sp³-hybridized carbons (Fsp3) is 0.0769. The van der Waals surface area contributed by atoms with E-state index in [4.69, 9.17) is 9.84 Å². The lowest BCUT2D eigenvalue weighted by Crippen LogP contribution is -2.03. The molecule has 0 fully saturated rings. The Morgan fingerprint density at radius 1 is 1.35 bits per heavy atom. The number of aromatic nitrogens is 1. The molecule has 0 spiro atoms. The molecule has 1 N–H and O–H groups in total. The van der Waals surface area contributed by atoms with Crippen molar-refractivity contribution in [3.8, 4) is 5.75 Å². The van der Waals surface area contributed by atoms with Crippen LogP contribution in [0.1, 0.15) is 16.1 Å². The lowest BCUT2D eigenvalue weighted by molar-refractivity contribution is -0.386. The van der Waals surface area contributed by atoms with Crippen LogP contribution in [0.15, 0.2) is 42.6 Å². The number of nitro benzene ring substituents is 1. The quantitative estimate of drug-likeness (QED) is 0.662. The van der Waals surface area contributed by atoms with Crippen molar-refractivity contribution >= 4 is 11.7 Å². The van der Waals surface area contributed by atoms with Crippen LogP contribution >= 0.6 is 0 Å². The monoisotopic (exact) mass is 274 g/mol. The molecule has 0 saturated heterocycles. The van der Waals surface area contributed by atoms with Gasteiger partial charge < -0.3 is 9.84 Å². The summed E-state index contributed by atoms with van der Waals surface area (Å²) in [5.74, 6) is -1.23. The minimum absolute atomic E-state index is 0.00523. The molecule has 102 valence electrons. The molecule has 0 saturated carbocycles. The number of carboxylic acids is 1. The van der Waals surface area contributed by atoms with Crippen molar-refractivity contribution in [3.05, 3.63) is 64.0 Å². The zero-order valence-corrected chi connectivity index (χ0v) is 10.2. The average Bonchev–Trinajstić information content (AvgIpc) is 2.45. The third kappa shape index (κ3) is 3.08. The molecular weight excluding hydrogens is 264 g/mol. The highest BCUT2D eigenvalue weighted by molar-refractivity contribution is 5.88. The molecule has 0 aliphatic heterocycles. The Bertz CT molecular complexity index is 642. The summed E-state index contributed by atoms with van der Waals surface area (Å²) in [4.78, 5) is 25.1. The van der Waals surface area contributed by atoms with Crippen LogP contribution in [-0.4, -0.2) is 21.0 Å². The lowest BCUT2D eigenvalue weighted by Gasteiger charge is -2.06. The summed E-state index contributed by atoms with van der Waals surface area (Å²) in [5, 5.41) is 19.7. The Morgan fingerprint density at radius 3 is 2.75 bits per heavy atom. The predicted molar refractivity (Wildman–Crippen MR) is 68.6 cm³/mol. The molecular formula is C13H10N2O5. The number of hydrogen-bond acceptors (Lipinski definition) is 5. The standard InChI is InChI=1S/C13H10N2O5/c16-13(17)9-4-5-12(11(7-9)15(18)19)20-8-10-3-1-2-6-14-10/h1-7H,8H2,(H,16,17). The van der Waals surface area contributed by atoms with Gasteiger partial charge in [0.2, 0.25) is 0 Å². The number of carboxylic acid groups (broad SMARTS) is 1. The second-order valence-corrected chi connectivity index (χ2v) is 3.85. The van der Waals surface area contributed by atoms with E-state index in [1.54, 1.807) is 24.4 Å². The topological polar surface area (TPSA) is 103 Å². The zero-order valence-electron chi connectivity index (χ0n) is 10.2. The highest BCUT2D eigenvalue weighted by Crippen LogP contribution is 2.28. The number of pyridine rings is 1. The first-order chi connectivity index (χ1) is 9.58. The number of aromatic carboxylic acids is 1. The molecule has 0 amide bonds. The van der Waals surface area contributed by atoms with Crippen LogP contribution in [0, 0.1) is 10.1 Å². The van der Waals surface area contributed by atoms with Crippen LogP contribution in [0.3, 0.4) is 0 Å². The van der Waals surface area contributed by atoms with E-state index in [-0.39, 0.29) is 23.6 Å². The van der Waals surface area contributed by atoms with E-state index < -0.39 is 10.9 Å². The molecule has 1 aromatic heterocycles. The first kappa shape index (κ1) is 13.5. The third-order valence-corrected chi connectivity index (χ3v) is 2.50. The average molecular weight is 274 g/mol. The van der Waals surface area contributed by atoms with Gasteiger partial charge in [-0.15, -0.1) is 0 Å². The number of nitro groups is 1. The van der Waals surface area contributed by atoms with Gasteiger partial charge in [-0.25, -0.2) is 4.79 Å². The lowest BCUT2D eigenvalue weighted by atomic mass is 10.2.